The minimum Gasteiger partial charge on any atom is -0.381 e. The molecule has 7 heteroatoms. The highest BCUT2D eigenvalue weighted by Crippen LogP contribution is 2.42. The quantitative estimate of drug-likeness (QED) is 0.828. The number of fused-ring (bicyclic) bond motifs is 1. The number of carbonyl (C=O) groups excluding carboxylic acids is 1. The molecule has 1 spiro atoms. The Hall–Kier alpha value is -2.41. The maximum absolute atomic E-state index is 12.1. The number of nitrogens with one attached hydrogen (secondary N) is 1. The summed E-state index contributed by atoms with van der Waals surface area (Å²) in [6, 6.07) is 0. The molecule has 7 nitrogen and oxygen atoms in total. The molecule has 0 aliphatic carbocycles. The summed E-state index contributed by atoms with van der Waals surface area (Å²) in [5, 5.41) is 1.16. The number of carbonyl (C=O) groups is 1. The number of nitrogens with zero attached hydrogens (tertiary/aromatic N) is 4. The third kappa shape index (κ3) is 2.71. The largest absolute Gasteiger partial charge is 0.381 e. The Morgan fingerprint density at radius 2 is 1.96 bits per heavy atom. The van der Waals surface area contributed by atoms with Gasteiger partial charge in [-0.25, -0.2) is 9.97 Å². The number of hydrogen-bond donors (Lipinski definition) is 1. The van der Waals surface area contributed by atoms with Crippen LogP contribution in [0.3, 0.4) is 0 Å². The number of aromatic amines is 1. The van der Waals surface area contributed by atoms with Crippen LogP contribution in [0.1, 0.15) is 43.6 Å². The fraction of sp³-hybridized carbons (Fsp3) is 0.571. The van der Waals surface area contributed by atoms with Gasteiger partial charge in [-0.05, 0) is 49.7 Å². The normalized spacial score (nSPS) is 22.4. The summed E-state index contributed by atoms with van der Waals surface area (Å²) in [6.45, 7) is 7.97. The maximum atomic E-state index is 12.1. The summed E-state index contributed by atoms with van der Waals surface area (Å²) in [5.41, 5.74) is 2.26. The van der Waals surface area contributed by atoms with Crippen LogP contribution >= 0.6 is 0 Å². The van der Waals surface area contributed by atoms with Gasteiger partial charge in [0.15, 0.2) is 0 Å². The van der Waals surface area contributed by atoms with E-state index in [0.717, 1.165) is 81.8 Å². The van der Waals surface area contributed by atoms with Gasteiger partial charge in [0.05, 0.1) is 5.39 Å². The van der Waals surface area contributed by atoms with Crippen LogP contribution in [0.4, 0.5) is 5.82 Å². The van der Waals surface area contributed by atoms with Crippen molar-refractivity contribution >= 4 is 22.8 Å². The summed E-state index contributed by atoms with van der Waals surface area (Å²) in [7, 11) is 0. The molecule has 2 aromatic heterocycles. The Bertz CT molecular complexity index is 893. The molecule has 148 valence electrons. The Morgan fingerprint density at radius 3 is 2.64 bits per heavy atom. The predicted molar refractivity (Wildman–Crippen MR) is 107 cm³/mol. The molecule has 1 N–H and O–H groups in total. The van der Waals surface area contributed by atoms with E-state index in [1.54, 1.807) is 6.33 Å². The molecule has 0 bridgehead atoms. The topological polar surface area (TPSA) is 74.4 Å². The molecule has 2 aromatic rings. The summed E-state index contributed by atoms with van der Waals surface area (Å²) in [6.07, 6.45) is 10.4. The Labute approximate surface area is 164 Å². The van der Waals surface area contributed by atoms with Crippen molar-refractivity contribution in [2.75, 3.05) is 37.7 Å². The fourth-order valence-electron chi connectivity index (χ4n) is 5.19. The lowest BCUT2D eigenvalue weighted by Gasteiger charge is -2.56. The van der Waals surface area contributed by atoms with Crippen molar-refractivity contribution < 1.29 is 9.53 Å². The van der Waals surface area contributed by atoms with Crippen LogP contribution in [-0.2, 0) is 9.53 Å². The fourth-order valence-corrected chi connectivity index (χ4v) is 5.19. The highest BCUT2D eigenvalue weighted by atomic mass is 16.5. The van der Waals surface area contributed by atoms with Crippen LogP contribution in [0.25, 0.3) is 11.0 Å². The van der Waals surface area contributed by atoms with Crippen LogP contribution in [0.15, 0.2) is 25.2 Å². The van der Waals surface area contributed by atoms with Gasteiger partial charge < -0.3 is 19.5 Å². The maximum Gasteiger partial charge on any atom is 0.246 e. The standard InChI is InChI=1S/C21H27N5O2/c1-2-17(27)26-10-7-21(26)5-8-25(9-6-21)20-18-16(15-3-11-28-12-4-15)13-22-19(18)23-14-24-20/h2,13-15H,1,3-12H2,(H,22,23,24). The molecule has 5 rings (SSSR count). The number of H-pyrrole nitrogens is 1. The molecule has 0 aromatic carbocycles. The highest BCUT2D eigenvalue weighted by molar-refractivity contribution is 5.91. The average Bonchev–Trinajstić information content (AvgIpc) is 3.18. The lowest BCUT2D eigenvalue weighted by atomic mass is 9.76. The van der Waals surface area contributed by atoms with Gasteiger partial charge in [-0.2, -0.15) is 0 Å². The molecule has 1 amide bonds. The van der Waals surface area contributed by atoms with Gasteiger partial charge in [0.2, 0.25) is 5.91 Å². The zero-order chi connectivity index (χ0) is 19.1. The van der Waals surface area contributed by atoms with E-state index in [1.165, 1.54) is 11.6 Å². The molecule has 5 heterocycles. The number of aromatic nitrogens is 3. The van der Waals surface area contributed by atoms with Gasteiger partial charge >= 0.3 is 0 Å². The van der Waals surface area contributed by atoms with Crippen LogP contribution < -0.4 is 4.90 Å². The Morgan fingerprint density at radius 1 is 1.21 bits per heavy atom. The van der Waals surface area contributed by atoms with E-state index < -0.39 is 0 Å². The number of hydrogen-bond acceptors (Lipinski definition) is 5. The zero-order valence-corrected chi connectivity index (χ0v) is 16.2. The van der Waals surface area contributed by atoms with E-state index in [0.29, 0.717) is 5.92 Å². The summed E-state index contributed by atoms with van der Waals surface area (Å²) in [4.78, 5) is 29.0. The molecule has 0 radical (unpaired) electrons. The van der Waals surface area contributed by atoms with E-state index in [2.05, 4.69) is 32.6 Å². The first-order valence-electron chi connectivity index (χ1n) is 10.3. The second-order valence-corrected chi connectivity index (χ2v) is 8.21. The van der Waals surface area contributed by atoms with E-state index in [1.807, 2.05) is 4.90 Å². The lowest BCUT2D eigenvalue weighted by molar-refractivity contribution is -0.143. The molecule has 28 heavy (non-hydrogen) atoms. The molecule has 0 saturated carbocycles. The van der Waals surface area contributed by atoms with Gasteiger partial charge in [0.25, 0.3) is 0 Å². The number of ether oxygens (including phenoxy) is 1. The highest BCUT2D eigenvalue weighted by Gasteiger charge is 2.48. The second-order valence-electron chi connectivity index (χ2n) is 8.21. The van der Waals surface area contributed by atoms with Gasteiger partial charge in [0, 0.05) is 44.6 Å². The minimum absolute atomic E-state index is 0.0234. The van der Waals surface area contributed by atoms with Crippen molar-refractivity contribution in [3.05, 3.63) is 30.7 Å². The molecule has 0 unspecified atom stereocenters. The molecule has 3 fully saturated rings. The second kappa shape index (κ2) is 6.88. The number of amides is 1. The van der Waals surface area contributed by atoms with Crippen molar-refractivity contribution in [3.63, 3.8) is 0 Å². The zero-order valence-electron chi connectivity index (χ0n) is 16.2. The molecular weight excluding hydrogens is 354 g/mol. The van der Waals surface area contributed by atoms with E-state index >= 15 is 0 Å². The molecule has 0 atom stereocenters. The minimum atomic E-state index is 0.0234. The van der Waals surface area contributed by atoms with Crippen molar-refractivity contribution in [3.8, 4) is 0 Å². The first-order valence-corrected chi connectivity index (χ1v) is 10.3. The van der Waals surface area contributed by atoms with E-state index in [4.69, 9.17) is 4.74 Å². The summed E-state index contributed by atoms with van der Waals surface area (Å²) < 4.78 is 5.55. The third-order valence-electron chi connectivity index (χ3n) is 6.95. The summed E-state index contributed by atoms with van der Waals surface area (Å²) >= 11 is 0. The monoisotopic (exact) mass is 381 g/mol. The van der Waals surface area contributed by atoms with Crippen LogP contribution in [-0.4, -0.2) is 64.1 Å². The predicted octanol–water partition coefficient (Wildman–Crippen LogP) is 2.61. The van der Waals surface area contributed by atoms with Gasteiger partial charge in [-0.3, -0.25) is 4.79 Å². The van der Waals surface area contributed by atoms with Gasteiger partial charge in [-0.1, -0.05) is 6.58 Å². The van der Waals surface area contributed by atoms with Crippen molar-refractivity contribution in [2.24, 2.45) is 0 Å². The summed E-state index contributed by atoms with van der Waals surface area (Å²) in [5.74, 6) is 1.59. The molecular formula is C21H27N5O2. The van der Waals surface area contributed by atoms with Crippen molar-refractivity contribution in [2.45, 2.75) is 43.6 Å². The molecule has 3 aliphatic rings. The number of piperidine rings is 1. The smallest absolute Gasteiger partial charge is 0.246 e. The first-order chi connectivity index (χ1) is 13.7. The van der Waals surface area contributed by atoms with Crippen LogP contribution in [0.5, 0.6) is 0 Å². The van der Waals surface area contributed by atoms with Crippen molar-refractivity contribution in [1.29, 1.82) is 0 Å². The number of anilines is 1. The number of rotatable bonds is 3. The van der Waals surface area contributed by atoms with Crippen LogP contribution in [0.2, 0.25) is 0 Å². The Kier molecular flexibility index (Phi) is 4.34. The molecule has 3 aliphatic heterocycles. The third-order valence-corrected chi connectivity index (χ3v) is 6.95. The Balaban J connectivity index is 1.41. The molecule has 3 saturated heterocycles. The SMILES string of the molecule is C=CC(=O)N1CCC12CCN(c1ncnc3[nH]cc(C4CCOCC4)c13)CC2. The van der Waals surface area contributed by atoms with E-state index in [-0.39, 0.29) is 11.4 Å². The lowest BCUT2D eigenvalue weighted by Crippen LogP contribution is -2.65. The van der Waals surface area contributed by atoms with Gasteiger partial charge in [0.1, 0.15) is 17.8 Å². The average molecular weight is 381 g/mol. The number of likely N-dealkylation sites (tertiary alicyclic amines) is 1. The van der Waals surface area contributed by atoms with Crippen molar-refractivity contribution in [1.82, 2.24) is 19.9 Å². The van der Waals surface area contributed by atoms with Gasteiger partial charge in [-0.15, -0.1) is 0 Å². The first kappa shape index (κ1) is 17.7. The van der Waals surface area contributed by atoms with E-state index in [9.17, 15) is 4.79 Å². The van der Waals surface area contributed by atoms with Crippen LogP contribution in [0, 0.1) is 0 Å².